The van der Waals surface area contributed by atoms with Gasteiger partial charge in [-0.15, -0.1) is 0 Å². The van der Waals surface area contributed by atoms with Crippen molar-refractivity contribution in [1.29, 1.82) is 0 Å². The SMILES string of the molecule is CC(C)C1=CN(c2ccc(C(=O)O)cc2)C(=O)NC1(C)c1ccc(CCC(C)(C)C)c(C(F)(F)F)c1. The summed E-state index contributed by atoms with van der Waals surface area (Å²) in [6.45, 7) is 11.5. The molecule has 0 fully saturated rings. The summed E-state index contributed by atoms with van der Waals surface area (Å²) in [6.07, 6.45) is -1.98. The van der Waals surface area contributed by atoms with Crippen LogP contribution < -0.4 is 10.2 Å². The predicted molar refractivity (Wildman–Crippen MR) is 134 cm³/mol. The average molecular weight is 503 g/mol. The second-order valence-electron chi connectivity index (χ2n) is 10.9. The normalized spacial score (nSPS) is 18.8. The van der Waals surface area contributed by atoms with Gasteiger partial charge in [-0.05, 0) is 78.1 Å². The van der Waals surface area contributed by atoms with E-state index in [1.165, 1.54) is 35.2 Å². The summed E-state index contributed by atoms with van der Waals surface area (Å²) in [4.78, 5) is 25.7. The number of amides is 2. The monoisotopic (exact) mass is 502 g/mol. The summed E-state index contributed by atoms with van der Waals surface area (Å²) in [6, 6.07) is 9.66. The summed E-state index contributed by atoms with van der Waals surface area (Å²) in [5.74, 6) is -1.19. The second-order valence-corrected chi connectivity index (χ2v) is 10.9. The first-order valence-corrected chi connectivity index (χ1v) is 11.9. The van der Waals surface area contributed by atoms with Crippen LogP contribution in [0.3, 0.4) is 0 Å². The Morgan fingerprint density at radius 1 is 1.08 bits per heavy atom. The number of carbonyl (C=O) groups is 2. The zero-order valence-electron chi connectivity index (χ0n) is 21.5. The molecule has 36 heavy (non-hydrogen) atoms. The number of aromatic carboxylic acids is 1. The van der Waals surface area contributed by atoms with Crippen molar-refractivity contribution in [3.05, 3.63) is 76.5 Å². The maximum Gasteiger partial charge on any atom is 0.416 e. The lowest BCUT2D eigenvalue weighted by Crippen LogP contribution is -2.55. The largest absolute Gasteiger partial charge is 0.478 e. The smallest absolute Gasteiger partial charge is 0.416 e. The zero-order valence-corrected chi connectivity index (χ0v) is 21.5. The molecule has 0 saturated heterocycles. The number of urea groups is 1. The molecule has 0 bridgehead atoms. The summed E-state index contributed by atoms with van der Waals surface area (Å²) in [5.41, 5.74) is -0.109. The molecule has 1 unspecified atom stereocenters. The standard InChI is InChI=1S/C28H33F3N2O3/c1-17(2)23-16-33(21-11-8-19(9-12-21)24(34)35)25(36)32-27(23,6)20-10-7-18(13-14-26(3,4)5)22(15-20)28(29,30)31/h7-12,15-17H,13-14H2,1-6H3,(H,32,36)(H,34,35). The van der Waals surface area contributed by atoms with Crippen LogP contribution in [-0.2, 0) is 18.1 Å². The maximum absolute atomic E-state index is 14.1. The van der Waals surface area contributed by atoms with Gasteiger partial charge in [0.2, 0.25) is 0 Å². The van der Waals surface area contributed by atoms with Crippen molar-refractivity contribution < 1.29 is 27.9 Å². The number of halogens is 3. The zero-order chi connectivity index (χ0) is 27.1. The van der Waals surface area contributed by atoms with Gasteiger partial charge in [-0.3, -0.25) is 4.90 Å². The number of rotatable bonds is 6. The van der Waals surface area contributed by atoms with E-state index in [9.17, 15) is 22.8 Å². The first kappa shape index (κ1) is 27.3. The minimum absolute atomic E-state index is 0.0836. The number of carboxylic acids is 1. The average Bonchev–Trinajstić information content (AvgIpc) is 2.76. The highest BCUT2D eigenvalue weighted by Gasteiger charge is 2.42. The number of hydrogen-bond donors (Lipinski definition) is 2. The van der Waals surface area contributed by atoms with Crippen LogP contribution in [0, 0.1) is 11.3 Å². The fraction of sp³-hybridized carbons (Fsp3) is 0.429. The Bertz CT molecular complexity index is 1180. The van der Waals surface area contributed by atoms with E-state index in [1.54, 1.807) is 19.2 Å². The Balaban J connectivity index is 2.07. The molecule has 0 aliphatic carbocycles. The molecule has 8 heteroatoms. The Labute approximate surface area is 210 Å². The van der Waals surface area contributed by atoms with Crippen LogP contribution in [-0.4, -0.2) is 17.1 Å². The number of alkyl halides is 3. The highest BCUT2D eigenvalue weighted by atomic mass is 19.4. The molecule has 0 aromatic heterocycles. The Morgan fingerprint density at radius 2 is 1.69 bits per heavy atom. The van der Waals surface area contributed by atoms with E-state index in [1.807, 2.05) is 34.6 Å². The maximum atomic E-state index is 14.1. The van der Waals surface area contributed by atoms with Crippen molar-refractivity contribution in [2.45, 2.75) is 66.1 Å². The quantitative estimate of drug-likeness (QED) is 0.433. The van der Waals surface area contributed by atoms with E-state index in [4.69, 9.17) is 5.11 Å². The van der Waals surface area contributed by atoms with Gasteiger partial charge < -0.3 is 10.4 Å². The van der Waals surface area contributed by atoms with Gasteiger partial charge in [0, 0.05) is 6.20 Å². The van der Waals surface area contributed by atoms with E-state index in [2.05, 4.69) is 5.32 Å². The van der Waals surface area contributed by atoms with Crippen molar-refractivity contribution in [3.8, 4) is 0 Å². The number of nitrogens with one attached hydrogen (secondary N) is 1. The summed E-state index contributed by atoms with van der Waals surface area (Å²) >= 11 is 0. The molecule has 3 rings (SSSR count). The third-order valence-corrected chi connectivity index (χ3v) is 6.57. The van der Waals surface area contributed by atoms with Gasteiger partial charge in [-0.2, -0.15) is 13.2 Å². The van der Waals surface area contributed by atoms with Gasteiger partial charge in [0.1, 0.15) is 0 Å². The second kappa shape index (κ2) is 9.64. The number of carboxylic acid groups (broad SMARTS) is 1. The summed E-state index contributed by atoms with van der Waals surface area (Å²) in [7, 11) is 0. The number of carbonyl (C=O) groups excluding carboxylic acids is 1. The first-order valence-electron chi connectivity index (χ1n) is 11.9. The van der Waals surface area contributed by atoms with Crippen molar-refractivity contribution in [2.24, 2.45) is 11.3 Å². The van der Waals surface area contributed by atoms with E-state index in [0.29, 0.717) is 24.1 Å². The van der Waals surface area contributed by atoms with Gasteiger partial charge >= 0.3 is 18.2 Å². The van der Waals surface area contributed by atoms with Crippen molar-refractivity contribution >= 4 is 17.7 Å². The van der Waals surface area contributed by atoms with Crippen molar-refractivity contribution in [2.75, 3.05) is 4.90 Å². The van der Waals surface area contributed by atoms with E-state index < -0.39 is 29.3 Å². The van der Waals surface area contributed by atoms with Gasteiger partial charge in [0.15, 0.2) is 0 Å². The first-order chi connectivity index (χ1) is 16.5. The molecule has 2 aromatic carbocycles. The van der Waals surface area contributed by atoms with Crippen LogP contribution in [0.1, 0.15) is 75.0 Å². The van der Waals surface area contributed by atoms with E-state index in [0.717, 1.165) is 11.6 Å². The van der Waals surface area contributed by atoms with Gasteiger partial charge in [-0.1, -0.05) is 46.8 Å². The van der Waals surface area contributed by atoms with Crippen LogP contribution in [0.25, 0.3) is 0 Å². The molecule has 1 aliphatic rings. The fourth-order valence-corrected chi connectivity index (χ4v) is 4.47. The van der Waals surface area contributed by atoms with Gasteiger partial charge in [0.25, 0.3) is 0 Å². The molecule has 2 N–H and O–H groups in total. The number of aryl methyl sites for hydroxylation is 1. The topological polar surface area (TPSA) is 69.6 Å². The number of anilines is 1. The lowest BCUT2D eigenvalue weighted by atomic mass is 9.77. The van der Waals surface area contributed by atoms with Gasteiger partial charge in [0.05, 0.1) is 22.4 Å². The number of nitrogens with zero attached hydrogens (tertiary/aromatic N) is 1. The molecular weight excluding hydrogens is 469 g/mol. The molecule has 0 radical (unpaired) electrons. The Kier molecular flexibility index (Phi) is 7.31. The summed E-state index contributed by atoms with van der Waals surface area (Å²) in [5, 5.41) is 12.1. The third-order valence-electron chi connectivity index (χ3n) is 6.57. The molecule has 194 valence electrons. The van der Waals surface area contributed by atoms with E-state index in [-0.39, 0.29) is 22.5 Å². The van der Waals surface area contributed by atoms with E-state index >= 15 is 0 Å². The number of hydrogen-bond acceptors (Lipinski definition) is 2. The summed E-state index contributed by atoms with van der Waals surface area (Å²) < 4.78 is 42.3. The molecule has 2 amide bonds. The van der Waals surface area contributed by atoms with Gasteiger partial charge in [-0.25, -0.2) is 9.59 Å². The Hall–Kier alpha value is -3.29. The molecule has 0 spiro atoms. The minimum Gasteiger partial charge on any atom is -0.478 e. The van der Waals surface area contributed by atoms with Crippen LogP contribution in [0.5, 0.6) is 0 Å². The molecule has 0 saturated carbocycles. The predicted octanol–water partition coefficient (Wildman–Crippen LogP) is 7.37. The minimum atomic E-state index is -4.53. The molecule has 1 atom stereocenters. The lowest BCUT2D eigenvalue weighted by molar-refractivity contribution is -0.138. The van der Waals surface area contributed by atoms with Crippen LogP contribution in [0.2, 0.25) is 0 Å². The molecule has 2 aromatic rings. The van der Waals surface area contributed by atoms with Crippen molar-refractivity contribution in [1.82, 2.24) is 5.32 Å². The number of benzene rings is 2. The third kappa shape index (κ3) is 5.74. The molecule has 5 nitrogen and oxygen atoms in total. The molecule has 1 aliphatic heterocycles. The Morgan fingerprint density at radius 3 is 2.19 bits per heavy atom. The highest BCUT2D eigenvalue weighted by molar-refractivity contribution is 5.97. The van der Waals surface area contributed by atoms with Crippen molar-refractivity contribution in [3.63, 3.8) is 0 Å². The van der Waals surface area contributed by atoms with Crippen LogP contribution in [0.15, 0.2) is 54.2 Å². The molecular formula is C28H33F3N2O3. The highest BCUT2D eigenvalue weighted by Crippen LogP contribution is 2.42. The lowest BCUT2D eigenvalue weighted by Gasteiger charge is -2.42. The van der Waals surface area contributed by atoms with Crippen LogP contribution in [0.4, 0.5) is 23.7 Å². The fourth-order valence-electron chi connectivity index (χ4n) is 4.47. The van der Waals surface area contributed by atoms with Crippen LogP contribution >= 0.6 is 0 Å². The molecule has 1 heterocycles.